The van der Waals surface area contributed by atoms with Crippen molar-refractivity contribution < 1.29 is 0 Å². The maximum absolute atomic E-state index is 6.30. The van der Waals surface area contributed by atoms with Crippen LogP contribution in [0.2, 0.25) is 20.1 Å². The SMILES string of the molecule is Cc1nn(-c2ccc(Cl)c(Cl)c2)c2c1CN1CN2Cc2c(C)nn(-c3ccc(Cl)c(Cl)c3)c21. The predicted molar refractivity (Wildman–Crippen MR) is 134 cm³/mol. The van der Waals surface area contributed by atoms with Gasteiger partial charge in [0, 0.05) is 11.1 Å². The summed E-state index contributed by atoms with van der Waals surface area (Å²) in [5.41, 5.74) is 6.08. The fourth-order valence-corrected chi connectivity index (χ4v) is 5.26. The highest BCUT2D eigenvalue weighted by Gasteiger charge is 2.37. The third-order valence-electron chi connectivity index (χ3n) is 6.25. The number of fused-ring (bicyclic) bond motifs is 6. The van der Waals surface area contributed by atoms with E-state index in [9.17, 15) is 0 Å². The number of hydrogen-bond acceptors (Lipinski definition) is 4. The minimum atomic E-state index is 0.508. The molecule has 0 radical (unpaired) electrons. The number of benzene rings is 2. The molecule has 0 fully saturated rings. The van der Waals surface area contributed by atoms with Crippen LogP contribution >= 0.6 is 46.4 Å². The van der Waals surface area contributed by atoms with Gasteiger partial charge in [-0.15, -0.1) is 0 Å². The number of rotatable bonds is 2. The van der Waals surface area contributed by atoms with Crippen LogP contribution in [0.4, 0.5) is 11.6 Å². The molecule has 168 valence electrons. The lowest BCUT2D eigenvalue weighted by Gasteiger charge is -2.42. The van der Waals surface area contributed by atoms with Crippen LogP contribution in [0.15, 0.2) is 36.4 Å². The van der Waals surface area contributed by atoms with E-state index >= 15 is 0 Å². The molecule has 4 aromatic rings. The van der Waals surface area contributed by atoms with E-state index in [1.165, 1.54) is 11.1 Å². The summed E-state index contributed by atoms with van der Waals surface area (Å²) in [5, 5.41) is 11.8. The molecule has 2 aromatic heterocycles. The number of halogens is 4. The van der Waals surface area contributed by atoms with Gasteiger partial charge in [0.1, 0.15) is 11.6 Å². The first-order valence-corrected chi connectivity index (χ1v) is 11.9. The van der Waals surface area contributed by atoms with Gasteiger partial charge in [-0.3, -0.25) is 0 Å². The van der Waals surface area contributed by atoms with Crippen molar-refractivity contribution in [2.24, 2.45) is 0 Å². The minimum absolute atomic E-state index is 0.508. The zero-order valence-electron chi connectivity index (χ0n) is 17.8. The summed E-state index contributed by atoms with van der Waals surface area (Å²) in [6, 6.07) is 11.2. The van der Waals surface area contributed by atoms with E-state index in [0.29, 0.717) is 20.1 Å². The highest BCUT2D eigenvalue weighted by molar-refractivity contribution is 6.42. The van der Waals surface area contributed by atoms with Gasteiger partial charge in [-0.2, -0.15) is 10.2 Å². The first kappa shape index (κ1) is 21.2. The van der Waals surface area contributed by atoms with Gasteiger partial charge in [0.15, 0.2) is 0 Å². The van der Waals surface area contributed by atoms with Crippen LogP contribution in [0.5, 0.6) is 0 Å². The first-order valence-electron chi connectivity index (χ1n) is 10.4. The van der Waals surface area contributed by atoms with Crippen molar-refractivity contribution in [3.05, 3.63) is 79.0 Å². The van der Waals surface area contributed by atoms with E-state index in [-0.39, 0.29) is 0 Å². The summed E-state index contributed by atoms with van der Waals surface area (Å²) >= 11 is 24.9. The van der Waals surface area contributed by atoms with Crippen LogP contribution in [-0.4, -0.2) is 26.2 Å². The van der Waals surface area contributed by atoms with Gasteiger partial charge in [-0.05, 0) is 50.2 Å². The van der Waals surface area contributed by atoms with Crippen molar-refractivity contribution in [3.8, 4) is 11.4 Å². The lowest BCUT2D eigenvalue weighted by Crippen LogP contribution is -2.47. The molecule has 0 N–H and O–H groups in total. The molecular weight excluding hydrogens is 502 g/mol. The standard InChI is InChI=1S/C23H18Cl4N6/c1-12-16-9-30-11-31(22(16)32(28-12)14-3-5-18(24)20(26)7-14)10-17-13(2)29-33(23(17)30)15-4-6-19(25)21(27)8-15/h3-8H,9-11H2,1-2H3. The molecule has 2 aromatic carbocycles. The van der Waals surface area contributed by atoms with Crippen molar-refractivity contribution in [2.75, 3.05) is 16.5 Å². The summed E-state index contributed by atoms with van der Waals surface area (Å²) in [6.45, 7) is 6.24. The molecule has 2 aliphatic rings. The average Bonchev–Trinajstić information content (AvgIpc) is 3.30. The van der Waals surface area contributed by atoms with E-state index < -0.39 is 0 Å². The van der Waals surface area contributed by atoms with Crippen molar-refractivity contribution in [2.45, 2.75) is 26.9 Å². The summed E-state index contributed by atoms with van der Waals surface area (Å²) in [7, 11) is 0. The molecule has 33 heavy (non-hydrogen) atoms. The topological polar surface area (TPSA) is 42.1 Å². The smallest absolute Gasteiger partial charge is 0.139 e. The Morgan fingerprint density at radius 1 is 0.636 bits per heavy atom. The largest absolute Gasteiger partial charge is 0.334 e. The van der Waals surface area contributed by atoms with Crippen molar-refractivity contribution in [1.29, 1.82) is 0 Å². The Bertz CT molecular complexity index is 1330. The summed E-state index contributed by atoms with van der Waals surface area (Å²) in [5.74, 6) is 2.16. The second kappa shape index (κ2) is 7.57. The van der Waals surface area contributed by atoms with Gasteiger partial charge >= 0.3 is 0 Å². The zero-order valence-corrected chi connectivity index (χ0v) is 20.8. The molecular formula is C23H18Cl4N6. The van der Waals surface area contributed by atoms with Gasteiger partial charge in [0.25, 0.3) is 0 Å². The summed E-state index contributed by atoms with van der Waals surface area (Å²) in [6.07, 6.45) is 0. The van der Waals surface area contributed by atoms with E-state index in [4.69, 9.17) is 56.6 Å². The van der Waals surface area contributed by atoms with E-state index in [1.807, 2.05) is 47.5 Å². The van der Waals surface area contributed by atoms with E-state index in [1.54, 1.807) is 12.1 Å². The lowest BCUT2D eigenvalue weighted by molar-refractivity contribution is 0.618. The highest BCUT2D eigenvalue weighted by Crippen LogP contribution is 2.42. The van der Waals surface area contributed by atoms with Gasteiger partial charge in [-0.1, -0.05) is 46.4 Å². The fourth-order valence-electron chi connectivity index (χ4n) is 4.68. The second-order valence-corrected chi connectivity index (χ2v) is 9.96. The molecule has 10 heteroatoms. The molecule has 0 unspecified atom stereocenters. The van der Waals surface area contributed by atoms with Crippen LogP contribution < -0.4 is 9.80 Å². The molecule has 0 aliphatic carbocycles. The van der Waals surface area contributed by atoms with Crippen molar-refractivity contribution in [1.82, 2.24) is 19.6 Å². The molecule has 6 rings (SSSR count). The maximum Gasteiger partial charge on any atom is 0.139 e. The summed E-state index contributed by atoms with van der Waals surface area (Å²) < 4.78 is 3.93. The molecule has 6 nitrogen and oxygen atoms in total. The van der Waals surface area contributed by atoms with Gasteiger partial charge in [0.05, 0.1) is 62.6 Å². The average molecular weight is 520 g/mol. The Kier molecular flexibility index (Phi) is 4.86. The van der Waals surface area contributed by atoms with E-state index in [0.717, 1.165) is 54.2 Å². The Labute approximate surface area is 210 Å². The zero-order chi connectivity index (χ0) is 23.0. The fraction of sp³-hybridized carbons (Fsp3) is 0.217. The molecule has 0 amide bonds. The van der Waals surface area contributed by atoms with Crippen LogP contribution in [0, 0.1) is 13.8 Å². The van der Waals surface area contributed by atoms with Crippen LogP contribution in [0.25, 0.3) is 11.4 Å². The van der Waals surface area contributed by atoms with Gasteiger partial charge in [-0.25, -0.2) is 9.36 Å². The Morgan fingerprint density at radius 2 is 1.06 bits per heavy atom. The number of aryl methyl sites for hydroxylation is 2. The number of anilines is 2. The van der Waals surface area contributed by atoms with E-state index in [2.05, 4.69) is 9.80 Å². The Morgan fingerprint density at radius 3 is 1.45 bits per heavy atom. The maximum atomic E-state index is 6.30. The Balaban J connectivity index is 1.46. The number of aromatic nitrogens is 4. The minimum Gasteiger partial charge on any atom is -0.334 e. The van der Waals surface area contributed by atoms with Crippen molar-refractivity contribution in [3.63, 3.8) is 0 Å². The van der Waals surface area contributed by atoms with Gasteiger partial charge < -0.3 is 9.80 Å². The molecule has 0 atom stereocenters. The molecule has 0 saturated heterocycles. The van der Waals surface area contributed by atoms with Gasteiger partial charge in [0.2, 0.25) is 0 Å². The predicted octanol–water partition coefficient (Wildman–Crippen LogP) is 6.59. The molecule has 4 heterocycles. The van der Waals surface area contributed by atoms with Crippen LogP contribution in [0.1, 0.15) is 22.5 Å². The molecule has 2 aliphatic heterocycles. The van der Waals surface area contributed by atoms with Crippen LogP contribution in [-0.2, 0) is 13.1 Å². The number of hydrogen-bond donors (Lipinski definition) is 0. The second-order valence-electron chi connectivity index (χ2n) is 8.33. The highest BCUT2D eigenvalue weighted by atomic mass is 35.5. The van der Waals surface area contributed by atoms with Crippen molar-refractivity contribution >= 4 is 58.0 Å². The molecule has 2 bridgehead atoms. The van der Waals surface area contributed by atoms with Crippen LogP contribution in [0.3, 0.4) is 0 Å². The molecule has 0 spiro atoms. The normalized spacial score (nSPS) is 14.5. The number of nitrogens with zero attached hydrogens (tertiary/aromatic N) is 6. The lowest BCUT2D eigenvalue weighted by atomic mass is 10.1. The third kappa shape index (κ3) is 3.23. The first-order chi connectivity index (χ1) is 15.8. The Hall–Kier alpha value is -2.38. The summed E-state index contributed by atoms with van der Waals surface area (Å²) in [4.78, 5) is 4.66. The third-order valence-corrected chi connectivity index (χ3v) is 7.73. The monoisotopic (exact) mass is 518 g/mol. The quantitative estimate of drug-likeness (QED) is 0.299. The molecule has 0 saturated carbocycles.